The molecule has 0 saturated heterocycles. The molecule has 1 aromatic rings. The quantitative estimate of drug-likeness (QED) is 0.770. The van der Waals surface area contributed by atoms with Crippen molar-refractivity contribution in [3.63, 3.8) is 0 Å². The van der Waals surface area contributed by atoms with Crippen molar-refractivity contribution in [1.82, 2.24) is 4.72 Å². The number of ether oxygens (including phenoxy) is 1. The van der Waals surface area contributed by atoms with Crippen molar-refractivity contribution < 1.29 is 18.3 Å². The maximum Gasteiger partial charge on any atom is 0.240 e. The smallest absolute Gasteiger partial charge is 0.240 e. The van der Waals surface area contributed by atoms with E-state index in [0.29, 0.717) is 12.2 Å². The normalized spacial score (nSPS) is 12.6. The topological polar surface area (TPSA) is 75.6 Å². The molecule has 0 bridgehead atoms. The highest BCUT2D eigenvalue weighted by molar-refractivity contribution is 7.89. The molecule has 0 fully saturated rings. The van der Waals surface area contributed by atoms with Crippen molar-refractivity contribution in [3.8, 4) is 11.8 Å². The zero-order valence-electron chi connectivity index (χ0n) is 12.5. The minimum Gasteiger partial charge on any atom is -0.384 e. The molecule has 0 aliphatic heterocycles. The van der Waals surface area contributed by atoms with Crippen molar-refractivity contribution in [3.05, 3.63) is 29.3 Å². The maximum atomic E-state index is 12.2. The van der Waals surface area contributed by atoms with Crippen LogP contribution < -0.4 is 4.72 Å². The number of hydrogen-bond donors (Lipinski definition) is 2. The van der Waals surface area contributed by atoms with Crippen LogP contribution in [0.1, 0.15) is 25.0 Å². The van der Waals surface area contributed by atoms with Gasteiger partial charge in [-0.25, -0.2) is 13.1 Å². The molecule has 0 saturated carbocycles. The molecule has 1 rings (SSSR count). The van der Waals surface area contributed by atoms with Crippen molar-refractivity contribution in [2.24, 2.45) is 0 Å². The Morgan fingerprint density at radius 2 is 2.14 bits per heavy atom. The maximum absolute atomic E-state index is 12.2. The third-order valence-corrected chi connectivity index (χ3v) is 4.24. The van der Waals surface area contributed by atoms with E-state index in [0.717, 1.165) is 5.56 Å². The Hall–Kier alpha value is -1.39. The van der Waals surface area contributed by atoms with Crippen LogP contribution in [0.2, 0.25) is 0 Å². The monoisotopic (exact) mass is 311 g/mol. The fraction of sp³-hybridized carbons (Fsp3) is 0.467. The van der Waals surface area contributed by atoms with E-state index < -0.39 is 10.0 Å². The predicted molar refractivity (Wildman–Crippen MR) is 81.4 cm³/mol. The van der Waals surface area contributed by atoms with Crippen molar-refractivity contribution in [2.75, 3.05) is 19.8 Å². The summed E-state index contributed by atoms with van der Waals surface area (Å²) in [5, 5.41) is 8.68. The third kappa shape index (κ3) is 5.48. The van der Waals surface area contributed by atoms with E-state index in [2.05, 4.69) is 16.6 Å². The molecular formula is C15H21NO4S. The van der Waals surface area contributed by atoms with Gasteiger partial charge in [-0.3, -0.25) is 0 Å². The van der Waals surface area contributed by atoms with E-state index in [1.807, 2.05) is 13.8 Å². The van der Waals surface area contributed by atoms with Gasteiger partial charge in [0.25, 0.3) is 0 Å². The lowest BCUT2D eigenvalue weighted by Gasteiger charge is -2.13. The Bertz CT molecular complexity index is 629. The number of hydrogen-bond acceptors (Lipinski definition) is 4. The number of aliphatic hydroxyl groups excluding tert-OH is 1. The van der Waals surface area contributed by atoms with Crippen LogP contribution in [0.4, 0.5) is 0 Å². The summed E-state index contributed by atoms with van der Waals surface area (Å²) in [6.45, 7) is 5.99. The summed E-state index contributed by atoms with van der Waals surface area (Å²) in [6, 6.07) is 4.70. The minimum atomic E-state index is -3.56. The molecule has 1 aromatic carbocycles. The molecule has 1 unspecified atom stereocenters. The fourth-order valence-corrected chi connectivity index (χ4v) is 2.93. The van der Waals surface area contributed by atoms with E-state index in [4.69, 9.17) is 9.84 Å². The Balaban J connectivity index is 2.87. The van der Waals surface area contributed by atoms with Gasteiger partial charge in [-0.05, 0) is 44.5 Å². The number of sulfonamides is 1. The van der Waals surface area contributed by atoms with Crippen LogP contribution >= 0.6 is 0 Å². The van der Waals surface area contributed by atoms with Gasteiger partial charge >= 0.3 is 0 Å². The Morgan fingerprint density at radius 3 is 2.71 bits per heavy atom. The fourth-order valence-electron chi connectivity index (χ4n) is 1.73. The first-order valence-electron chi connectivity index (χ1n) is 6.72. The molecule has 0 spiro atoms. The molecule has 5 nitrogen and oxygen atoms in total. The largest absolute Gasteiger partial charge is 0.384 e. The predicted octanol–water partition coefficient (Wildman–Crippen LogP) is 1.04. The second-order valence-electron chi connectivity index (χ2n) is 4.55. The van der Waals surface area contributed by atoms with Gasteiger partial charge in [0.1, 0.15) is 6.61 Å². The summed E-state index contributed by atoms with van der Waals surface area (Å²) >= 11 is 0. The van der Waals surface area contributed by atoms with Crippen LogP contribution in [0.5, 0.6) is 0 Å². The average Bonchev–Trinajstić information content (AvgIpc) is 2.44. The average molecular weight is 311 g/mol. The number of rotatable bonds is 6. The van der Waals surface area contributed by atoms with Crippen LogP contribution in [-0.4, -0.2) is 39.4 Å². The first-order valence-corrected chi connectivity index (χ1v) is 8.20. The lowest BCUT2D eigenvalue weighted by Crippen LogP contribution is -2.32. The zero-order chi connectivity index (χ0) is 15.9. The molecule has 2 N–H and O–H groups in total. The summed E-state index contributed by atoms with van der Waals surface area (Å²) in [6.07, 6.45) is -0.180. The molecule has 1 atom stereocenters. The van der Waals surface area contributed by atoms with Crippen LogP contribution in [0.15, 0.2) is 23.1 Å². The number of benzene rings is 1. The highest BCUT2D eigenvalue weighted by Gasteiger charge is 2.16. The third-order valence-electron chi connectivity index (χ3n) is 2.82. The van der Waals surface area contributed by atoms with Crippen LogP contribution in [0, 0.1) is 18.8 Å². The van der Waals surface area contributed by atoms with E-state index in [-0.39, 0.29) is 24.2 Å². The summed E-state index contributed by atoms with van der Waals surface area (Å²) in [4.78, 5) is 0.193. The number of aryl methyl sites for hydroxylation is 1. The Kier molecular flexibility index (Phi) is 6.85. The van der Waals surface area contributed by atoms with E-state index >= 15 is 0 Å². The van der Waals surface area contributed by atoms with E-state index in [9.17, 15) is 8.42 Å². The van der Waals surface area contributed by atoms with Gasteiger partial charge in [0.05, 0.1) is 11.0 Å². The molecular weight excluding hydrogens is 290 g/mol. The Labute approximate surface area is 126 Å². The minimum absolute atomic E-state index is 0.180. The molecule has 0 aromatic heterocycles. The van der Waals surface area contributed by atoms with Gasteiger partial charge in [-0.2, -0.15) is 0 Å². The summed E-state index contributed by atoms with van der Waals surface area (Å²) < 4.78 is 32.2. The molecule has 0 aliphatic carbocycles. The zero-order valence-corrected chi connectivity index (χ0v) is 13.3. The molecule has 0 heterocycles. The van der Waals surface area contributed by atoms with Gasteiger partial charge in [0.15, 0.2) is 0 Å². The lowest BCUT2D eigenvalue weighted by atomic mass is 10.1. The van der Waals surface area contributed by atoms with Crippen LogP contribution in [0.3, 0.4) is 0 Å². The lowest BCUT2D eigenvalue weighted by molar-refractivity contribution is 0.0799. The molecule has 116 valence electrons. The summed E-state index contributed by atoms with van der Waals surface area (Å²) in [7, 11) is -3.56. The van der Waals surface area contributed by atoms with E-state index in [1.165, 1.54) is 6.07 Å². The second kappa shape index (κ2) is 8.15. The highest BCUT2D eigenvalue weighted by Crippen LogP contribution is 2.14. The van der Waals surface area contributed by atoms with Crippen LogP contribution in [0.25, 0.3) is 0 Å². The van der Waals surface area contributed by atoms with Gasteiger partial charge in [-0.1, -0.05) is 11.8 Å². The summed E-state index contributed by atoms with van der Waals surface area (Å²) in [5.41, 5.74) is 1.45. The SMILES string of the molecule is CCOC(C)CNS(=O)(=O)c1ccc(C#CCO)c(C)c1. The van der Waals surface area contributed by atoms with Crippen molar-refractivity contribution >= 4 is 10.0 Å². The number of nitrogens with one attached hydrogen (secondary N) is 1. The van der Waals surface area contributed by atoms with Crippen LogP contribution in [-0.2, 0) is 14.8 Å². The molecule has 6 heteroatoms. The first-order chi connectivity index (χ1) is 9.90. The van der Waals surface area contributed by atoms with E-state index in [1.54, 1.807) is 19.1 Å². The van der Waals surface area contributed by atoms with Gasteiger partial charge < -0.3 is 9.84 Å². The van der Waals surface area contributed by atoms with Gasteiger partial charge in [0.2, 0.25) is 10.0 Å². The second-order valence-corrected chi connectivity index (χ2v) is 6.32. The first kappa shape index (κ1) is 17.7. The Morgan fingerprint density at radius 1 is 1.43 bits per heavy atom. The van der Waals surface area contributed by atoms with Crippen molar-refractivity contribution in [2.45, 2.75) is 31.8 Å². The van der Waals surface area contributed by atoms with Crippen molar-refractivity contribution in [1.29, 1.82) is 0 Å². The van der Waals surface area contributed by atoms with Gasteiger partial charge in [0, 0.05) is 18.7 Å². The van der Waals surface area contributed by atoms with Gasteiger partial charge in [-0.15, -0.1) is 0 Å². The molecule has 0 radical (unpaired) electrons. The molecule has 21 heavy (non-hydrogen) atoms. The summed E-state index contributed by atoms with van der Waals surface area (Å²) in [5.74, 6) is 5.31. The number of aliphatic hydroxyl groups is 1. The highest BCUT2D eigenvalue weighted by atomic mass is 32.2. The molecule has 0 amide bonds. The standard InChI is InChI=1S/C15H21NO4S/c1-4-20-13(3)11-16-21(18,19)15-8-7-14(6-5-9-17)12(2)10-15/h7-8,10,13,16-17H,4,9,11H2,1-3H3. The molecule has 0 aliphatic rings.